The Morgan fingerprint density at radius 1 is 1.11 bits per heavy atom. The second kappa shape index (κ2) is 8.43. The molecule has 144 valence electrons. The van der Waals surface area contributed by atoms with E-state index in [1.54, 1.807) is 12.1 Å². The first-order valence-corrected chi connectivity index (χ1v) is 8.82. The van der Waals surface area contributed by atoms with Crippen LogP contribution in [-0.4, -0.2) is 30.3 Å². The van der Waals surface area contributed by atoms with Gasteiger partial charge in [0, 0.05) is 18.8 Å². The summed E-state index contributed by atoms with van der Waals surface area (Å²) in [5.74, 6) is -0.336. The Kier molecular flexibility index (Phi) is 6.01. The molecule has 1 unspecified atom stereocenters. The molecule has 1 atom stereocenters. The number of nitrogens with zero attached hydrogens (tertiary/aromatic N) is 1. The van der Waals surface area contributed by atoms with Gasteiger partial charge in [-0.15, -0.1) is 13.2 Å². The van der Waals surface area contributed by atoms with Crippen LogP contribution in [-0.2, 0) is 11.3 Å². The molecule has 2 aromatic carbocycles. The first kappa shape index (κ1) is 19.2. The summed E-state index contributed by atoms with van der Waals surface area (Å²) in [6, 6.07) is 15.2. The van der Waals surface area contributed by atoms with Gasteiger partial charge in [-0.1, -0.05) is 30.3 Å². The van der Waals surface area contributed by atoms with Crippen molar-refractivity contribution in [2.24, 2.45) is 5.92 Å². The van der Waals surface area contributed by atoms with Crippen LogP contribution in [0, 0.1) is 5.92 Å². The van der Waals surface area contributed by atoms with Gasteiger partial charge in [0.25, 0.3) is 0 Å². The molecule has 0 radical (unpaired) electrons. The molecule has 0 spiro atoms. The normalized spacial score (nSPS) is 18.1. The Morgan fingerprint density at radius 3 is 2.48 bits per heavy atom. The number of para-hydroxylation sites is 1. The molecule has 3 rings (SSSR count). The van der Waals surface area contributed by atoms with Gasteiger partial charge in [0.2, 0.25) is 5.91 Å². The molecule has 1 saturated heterocycles. The zero-order chi connectivity index (χ0) is 19.3. The van der Waals surface area contributed by atoms with Crippen molar-refractivity contribution in [2.45, 2.75) is 25.7 Å². The number of carbonyl (C=O) groups excluding carboxylic acids is 1. The van der Waals surface area contributed by atoms with Crippen molar-refractivity contribution in [2.75, 3.05) is 18.4 Å². The molecular formula is C20H21F3N2O2. The standard InChI is InChI=1S/C20H21F3N2O2/c21-20(22,23)27-18-10-8-15(9-11-18)13-25-12-4-5-16(14-25)19(26)24-17-6-2-1-3-7-17/h1-3,6-11,16H,4-5,12-14H2,(H,24,26). The fraction of sp³-hybridized carbons (Fsp3) is 0.350. The molecule has 0 aliphatic carbocycles. The van der Waals surface area contributed by atoms with Gasteiger partial charge in [-0.25, -0.2) is 0 Å². The van der Waals surface area contributed by atoms with E-state index in [9.17, 15) is 18.0 Å². The van der Waals surface area contributed by atoms with Crippen LogP contribution >= 0.6 is 0 Å². The van der Waals surface area contributed by atoms with Crippen molar-refractivity contribution in [3.8, 4) is 5.75 Å². The number of amides is 1. The number of halogens is 3. The quantitative estimate of drug-likeness (QED) is 0.837. The number of benzene rings is 2. The molecule has 0 bridgehead atoms. The Morgan fingerprint density at radius 2 is 1.81 bits per heavy atom. The van der Waals surface area contributed by atoms with Crippen LogP contribution in [0.1, 0.15) is 18.4 Å². The average Bonchev–Trinajstić information content (AvgIpc) is 2.63. The molecule has 1 aliphatic rings. The summed E-state index contributed by atoms with van der Waals surface area (Å²) in [5, 5.41) is 2.94. The predicted octanol–water partition coefficient (Wildman–Crippen LogP) is 4.44. The van der Waals surface area contributed by atoms with Crippen LogP contribution in [0.5, 0.6) is 5.75 Å². The van der Waals surface area contributed by atoms with Gasteiger partial charge in [-0.3, -0.25) is 9.69 Å². The maximum atomic E-state index is 12.5. The lowest BCUT2D eigenvalue weighted by Gasteiger charge is -2.32. The number of rotatable bonds is 5. The summed E-state index contributed by atoms with van der Waals surface area (Å²) >= 11 is 0. The molecule has 1 N–H and O–H groups in total. The van der Waals surface area contributed by atoms with E-state index in [1.165, 1.54) is 12.1 Å². The molecular weight excluding hydrogens is 357 g/mol. The number of alkyl halides is 3. The highest BCUT2D eigenvalue weighted by molar-refractivity contribution is 5.92. The summed E-state index contributed by atoms with van der Waals surface area (Å²) in [6.07, 6.45) is -2.95. The Hall–Kier alpha value is -2.54. The molecule has 27 heavy (non-hydrogen) atoms. The molecule has 4 nitrogen and oxygen atoms in total. The molecule has 7 heteroatoms. The lowest BCUT2D eigenvalue weighted by molar-refractivity contribution is -0.274. The third-order valence-electron chi connectivity index (χ3n) is 4.48. The summed E-state index contributed by atoms with van der Waals surface area (Å²) in [6.45, 7) is 2.07. The van der Waals surface area contributed by atoms with Crippen molar-refractivity contribution >= 4 is 11.6 Å². The SMILES string of the molecule is O=C(Nc1ccccc1)C1CCCN(Cc2ccc(OC(F)(F)F)cc2)C1. The number of ether oxygens (including phenoxy) is 1. The minimum absolute atomic E-state index is 0.000162. The third-order valence-corrected chi connectivity index (χ3v) is 4.48. The van der Waals surface area contributed by atoms with Gasteiger partial charge in [0.1, 0.15) is 5.75 Å². The third kappa shape index (κ3) is 5.99. The minimum Gasteiger partial charge on any atom is -0.406 e. The highest BCUT2D eigenvalue weighted by Gasteiger charge is 2.31. The first-order valence-electron chi connectivity index (χ1n) is 8.82. The lowest BCUT2D eigenvalue weighted by atomic mass is 9.96. The van der Waals surface area contributed by atoms with Crippen LogP contribution in [0.4, 0.5) is 18.9 Å². The zero-order valence-corrected chi connectivity index (χ0v) is 14.7. The molecule has 0 aromatic heterocycles. The minimum atomic E-state index is -4.69. The van der Waals surface area contributed by atoms with Crippen molar-refractivity contribution in [1.29, 1.82) is 0 Å². The van der Waals surface area contributed by atoms with Crippen LogP contribution in [0.15, 0.2) is 54.6 Å². The largest absolute Gasteiger partial charge is 0.573 e. The second-order valence-corrected chi connectivity index (χ2v) is 6.62. The summed E-state index contributed by atoms with van der Waals surface area (Å²) in [4.78, 5) is 14.6. The van der Waals surface area contributed by atoms with Crippen molar-refractivity contribution in [3.05, 3.63) is 60.2 Å². The van der Waals surface area contributed by atoms with E-state index in [2.05, 4.69) is 15.0 Å². The highest BCUT2D eigenvalue weighted by Crippen LogP contribution is 2.24. The molecule has 2 aromatic rings. The fourth-order valence-electron chi connectivity index (χ4n) is 3.23. The number of anilines is 1. The van der Waals surface area contributed by atoms with Crippen molar-refractivity contribution in [1.82, 2.24) is 4.90 Å². The van der Waals surface area contributed by atoms with Gasteiger partial charge in [-0.05, 0) is 49.2 Å². The smallest absolute Gasteiger partial charge is 0.406 e. The maximum Gasteiger partial charge on any atom is 0.573 e. The Balaban J connectivity index is 1.54. The highest BCUT2D eigenvalue weighted by atomic mass is 19.4. The summed E-state index contributed by atoms with van der Waals surface area (Å²) in [5.41, 5.74) is 1.66. The Bertz CT molecular complexity index is 748. The lowest BCUT2D eigenvalue weighted by Crippen LogP contribution is -2.40. The number of nitrogens with one attached hydrogen (secondary N) is 1. The van der Waals surface area contributed by atoms with Gasteiger partial charge in [0.15, 0.2) is 0 Å². The number of piperidine rings is 1. The van der Waals surface area contributed by atoms with E-state index in [1.807, 2.05) is 30.3 Å². The fourth-order valence-corrected chi connectivity index (χ4v) is 3.23. The number of hydrogen-bond acceptors (Lipinski definition) is 3. The summed E-state index contributed by atoms with van der Waals surface area (Å²) < 4.78 is 40.5. The Labute approximate surface area is 155 Å². The van der Waals surface area contributed by atoms with E-state index in [-0.39, 0.29) is 17.6 Å². The van der Waals surface area contributed by atoms with E-state index in [4.69, 9.17) is 0 Å². The molecule has 1 aliphatic heterocycles. The monoisotopic (exact) mass is 378 g/mol. The van der Waals surface area contributed by atoms with Crippen molar-refractivity contribution in [3.63, 3.8) is 0 Å². The number of carbonyl (C=O) groups is 1. The molecule has 1 fully saturated rings. The predicted molar refractivity (Wildman–Crippen MR) is 96.2 cm³/mol. The van der Waals surface area contributed by atoms with Gasteiger partial charge in [0.05, 0.1) is 5.92 Å². The van der Waals surface area contributed by atoms with Crippen molar-refractivity contribution < 1.29 is 22.7 Å². The van der Waals surface area contributed by atoms with Crippen LogP contribution in [0.3, 0.4) is 0 Å². The van der Waals surface area contributed by atoms with E-state index in [0.717, 1.165) is 30.6 Å². The molecule has 0 saturated carbocycles. The van der Waals surface area contributed by atoms with E-state index in [0.29, 0.717) is 13.1 Å². The average molecular weight is 378 g/mol. The van der Waals surface area contributed by atoms with Crippen LogP contribution in [0.25, 0.3) is 0 Å². The van der Waals surface area contributed by atoms with Gasteiger partial charge in [-0.2, -0.15) is 0 Å². The first-order chi connectivity index (χ1) is 12.9. The molecule has 1 amide bonds. The number of hydrogen-bond donors (Lipinski definition) is 1. The maximum absolute atomic E-state index is 12.5. The van der Waals surface area contributed by atoms with Gasteiger partial charge < -0.3 is 10.1 Å². The zero-order valence-electron chi connectivity index (χ0n) is 14.7. The van der Waals surface area contributed by atoms with Crippen LogP contribution < -0.4 is 10.1 Å². The molecule has 1 heterocycles. The second-order valence-electron chi connectivity index (χ2n) is 6.62. The van der Waals surface area contributed by atoms with Gasteiger partial charge >= 0.3 is 6.36 Å². The van der Waals surface area contributed by atoms with E-state index < -0.39 is 6.36 Å². The number of likely N-dealkylation sites (tertiary alicyclic amines) is 1. The van der Waals surface area contributed by atoms with E-state index >= 15 is 0 Å². The van der Waals surface area contributed by atoms with Crippen LogP contribution in [0.2, 0.25) is 0 Å². The topological polar surface area (TPSA) is 41.6 Å². The summed E-state index contributed by atoms with van der Waals surface area (Å²) in [7, 11) is 0.